The van der Waals surface area contributed by atoms with Crippen molar-refractivity contribution in [3.63, 3.8) is 0 Å². The van der Waals surface area contributed by atoms with Crippen LogP contribution in [0.3, 0.4) is 0 Å². The molecule has 4 rings (SSSR count). The Kier molecular flexibility index (Phi) is 9.04. The number of hydrogen-bond acceptors (Lipinski definition) is 6. The number of aryl methyl sites for hydroxylation is 1. The quantitative estimate of drug-likeness (QED) is 0.261. The first-order valence-electron chi connectivity index (χ1n) is 11.2. The minimum absolute atomic E-state index is 0.174. The molecule has 0 spiro atoms. The average Bonchev–Trinajstić information content (AvgIpc) is 3.11. The van der Waals surface area contributed by atoms with Gasteiger partial charge in [0.15, 0.2) is 11.5 Å². The molecule has 1 fully saturated rings. The zero-order chi connectivity index (χ0) is 27.4. The van der Waals surface area contributed by atoms with Gasteiger partial charge in [0, 0.05) is 21.3 Å². The molecule has 0 saturated carbocycles. The maximum absolute atomic E-state index is 12.9. The normalized spacial score (nSPS) is 14.2. The van der Waals surface area contributed by atoms with Crippen LogP contribution >= 0.6 is 50.9 Å². The summed E-state index contributed by atoms with van der Waals surface area (Å²) in [5.41, 5.74) is 2.91. The number of benzene rings is 3. The van der Waals surface area contributed by atoms with Crippen molar-refractivity contribution in [2.45, 2.75) is 13.5 Å². The van der Waals surface area contributed by atoms with Crippen molar-refractivity contribution in [2.75, 3.05) is 19.0 Å². The Morgan fingerprint density at radius 2 is 1.92 bits per heavy atom. The summed E-state index contributed by atoms with van der Waals surface area (Å²) in [5.74, 6) is -0.165. The number of anilines is 1. The van der Waals surface area contributed by atoms with Crippen molar-refractivity contribution in [2.24, 2.45) is 0 Å². The third kappa shape index (κ3) is 6.71. The fourth-order valence-electron chi connectivity index (χ4n) is 3.61. The third-order valence-corrected chi connectivity index (χ3v) is 7.50. The third-order valence-electron chi connectivity index (χ3n) is 5.41. The Bertz CT molecular complexity index is 1460. The Labute approximate surface area is 242 Å². The van der Waals surface area contributed by atoms with Crippen molar-refractivity contribution in [1.82, 2.24) is 4.90 Å². The molecule has 1 saturated heterocycles. The summed E-state index contributed by atoms with van der Waals surface area (Å²) >= 11 is 16.5. The number of amides is 3. The molecule has 1 heterocycles. The number of imide groups is 1. The summed E-state index contributed by atoms with van der Waals surface area (Å²) in [6.45, 7) is 1.69. The molecule has 0 atom stereocenters. The van der Waals surface area contributed by atoms with E-state index in [0.717, 1.165) is 27.8 Å². The standard InChI is InChI=1S/C27H21BrCl2N2O5S/c1-15-4-3-5-19(8-15)31-24(33)13-32-26(34)23(38-27(32)35)11-16-9-20(28)25(22(10-16)36-2)37-14-17-6-7-18(29)12-21(17)30/h3-12H,13-14H2,1-2H3,(H,31,33)/b23-11+. The Balaban J connectivity index is 1.47. The fourth-order valence-corrected chi connectivity index (χ4v) is 5.48. The molecule has 0 bridgehead atoms. The summed E-state index contributed by atoms with van der Waals surface area (Å²) < 4.78 is 12.0. The molecule has 3 amide bonds. The molecule has 3 aromatic carbocycles. The number of thioether (sulfide) groups is 1. The molecule has 0 radical (unpaired) electrons. The molecular weight excluding hydrogens is 615 g/mol. The van der Waals surface area contributed by atoms with E-state index in [4.69, 9.17) is 32.7 Å². The lowest BCUT2D eigenvalue weighted by Gasteiger charge is -2.14. The van der Waals surface area contributed by atoms with Gasteiger partial charge >= 0.3 is 0 Å². The zero-order valence-electron chi connectivity index (χ0n) is 20.2. The maximum atomic E-state index is 12.9. The number of hydrogen-bond donors (Lipinski definition) is 1. The van der Waals surface area contributed by atoms with Crippen molar-refractivity contribution in [1.29, 1.82) is 0 Å². The lowest BCUT2D eigenvalue weighted by Crippen LogP contribution is -2.36. The summed E-state index contributed by atoms with van der Waals surface area (Å²) in [6, 6.07) is 15.8. The summed E-state index contributed by atoms with van der Waals surface area (Å²) in [7, 11) is 1.49. The van der Waals surface area contributed by atoms with Crippen LogP contribution in [0.15, 0.2) is 64.0 Å². The number of ether oxygens (including phenoxy) is 2. The molecule has 196 valence electrons. The van der Waals surface area contributed by atoms with Crippen molar-refractivity contribution >= 4 is 79.7 Å². The predicted molar refractivity (Wildman–Crippen MR) is 154 cm³/mol. The largest absolute Gasteiger partial charge is 0.493 e. The molecule has 1 N–H and O–H groups in total. The van der Waals surface area contributed by atoms with E-state index in [9.17, 15) is 14.4 Å². The highest BCUT2D eigenvalue weighted by atomic mass is 79.9. The lowest BCUT2D eigenvalue weighted by atomic mass is 10.1. The molecule has 7 nitrogen and oxygen atoms in total. The van der Waals surface area contributed by atoms with Gasteiger partial charge in [-0.05, 0) is 88.2 Å². The maximum Gasteiger partial charge on any atom is 0.294 e. The second kappa shape index (κ2) is 12.3. The SMILES string of the molecule is COc1cc(/C=C2/SC(=O)N(CC(=O)Nc3cccc(C)c3)C2=O)cc(Br)c1OCc1ccc(Cl)cc1Cl. The minimum Gasteiger partial charge on any atom is -0.493 e. The number of carbonyl (C=O) groups excluding carboxylic acids is 3. The van der Waals surface area contributed by atoms with Gasteiger partial charge in [-0.3, -0.25) is 19.3 Å². The van der Waals surface area contributed by atoms with Crippen LogP contribution in [0.25, 0.3) is 6.08 Å². The molecule has 0 aliphatic carbocycles. The van der Waals surface area contributed by atoms with E-state index in [2.05, 4.69) is 21.2 Å². The monoisotopic (exact) mass is 634 g/mol. The fraction of sp³-hybridized carbons (Fsp3) is 0.148. The van der Waals surface area contributed by atoms with Crippen LogP contribution in [0, 0.1) is 6.92 Å². The molecule has 11 heteroatoms. The predicted octanol–water partition coefficient (Wildman–Crippen LogP) is 7.33. The molecular formula is C27H21BrCl2N2O5S. The van der Waals surface area contributed by atoms with Gasteiger partial charge in [-0.25, -0.2) is 0 Å². The van der Waals surface area contributed by atoms with Gasteiger partial charge < -0.3 is 14.8 Å². The second-order valence-corrected chi connectivity index (χ2v) is 10.9. The van der Waals surface area contributed by atoms with Crippen LogP contribution in [0.2, 0.25) is 10.0 Å². The molecule has 0 unspecified atom stereocenters. The van der Waals surface area contributed by atoms with Gasteiger partial charge in [0.25, 0.3) is 11.1 Å². The van der Waals surface area contributed by atoms with Gasteiger partial charge in [-0.15, -0.1) is 0 Å². The molecule has 1 aliphatic heterocycles. The van der Waals surface area contributed by atoms with Gasteiger partial charge in [-0.2, -0.15) is 0 Å². The van der Waals surface area contributed by atoms with Gasteiger partial charge in [0.1, 0.15) is 13.2 Å². The minimum atomic E-state index is -0.549. The van der Waals surface area contributed by atoms with E-state index < -0.39 is 17.1 Å². The highest BCUT2D eigenvalue weighted by molar-refractivity contribution is 9.10. The summed E-state index contributed by atoms with van der Waals surface area (Å²) in [5, 5.41) is 3.19. The molecule has 1 aliphatic rings. The van der Waals surface area contributed by atoms with E-state index in [1.165, 1.54) is 7.11 Å². The van der Waals surface area contributed by atoms with Crippen LogP contribution in [0.4, 0.5) is 10.5 Å². The van der Waals surface area contributed by atoms with E-state index in [-0.39, 0.29) is 18.1 Å². The first-order valence-corrected chi connectivity index (χ1v) is 13.6. The molecule has 3 aromatic rings. The van der Waals surface area contributed by atoms with Gasteiger partial charge in [0.2, 0.25) is 5.91 Å². The average molecular weight is 636 g/mol. The smallest absolute Gasteiger partial charge is 0.294 e. The molecule has 38 heavy (non-hydrogen) atoms. The van der Waals surface area contributed by atoms with E-state index >= 15 is 0 Å². The summed E-state index contributed by atoms with van der Waals surface area (Å²) in [4.78, 5) is 39.0. The highest BCUT2D eigenvalue weighted by Gasteiger charge is 2.36. The van der Waals surface area contributed by atoms with Crippen molar-refractivity contribution in [3.8, 4) is 11.5 Å². The van der Waals surface area contributed by atoms with Crippen LogP contribution < -0.4 is 14.8 Å². The van der Waals surface area contributed by atoms with E-state index in [1.54, 1.807) is 48.5 Å². The lowest BCUT2D eigenvalue weighted by molar-refractivity contribution is -0.127. The number of carbonyl (C=O) groups is 3. The van der Waals surface area contributed by atoms with Crippen LogP contribution in [-0.2, 0) is 16.2 Å². The number of halogens is 3. The molecule has 0 aromatic heterocycles. The number of nitrogens with zero attached hydrogens (tertiary/aromatic N) is 1. The summed E-state index contributed by atoms with van der Waals surface area (Å²) in [6.07, 6.45) is 1.57. The second-order valence-electron chi connectivity index (χ2n) is 8.24. The van der Waals surface area contributed by atoms with Crippen LogP contribution in [0.1, 0.15) is 16.7 Å². The Morgan fingerprint density at radius 3 is 2.63 bits per heavy atom. The number of methoxy groups -OCH3 is 1. The number of nitrogens with one attached hydrogen (secondary N) is 1. The Morgan fingerprint density at radius 1 is 1.13 bits per heavy atom. The van der Waals surface area contributed by atoms with Gasteiger partial charge in [-0.1, -0.05) is 41.4 Å². The van der Waals surface area contributed by atoms with Crippen molar-refractivity contribution in [3.05, 3.63) is 90.7 Å². The van der Waals surface area contributed by atoms with Gasteiger partial charge in [0.05, 0.1) is 16.5 Å². The van der Waals surface area contributed by atoms with E-state index in [1.807, 2.05) is 19.1 Å². The first kappa shape index (κ1) is 28.0. The highest BCUT2D eigenvalue weighted by Crippen LogP contribution is 2.40. The van der Waals surface area contributed by atoms with Crippen LogP contribution in [-0.4, -0.2) is 35.6 Å². The topological polar surface area (TPSA) is 84.9 Å². The van der Waals surface area contributed by atoms with Crippen LogP contribution in [0.5, 0.6) is 11.5 Å². The number of rotatable bonds is 8. The Hall–Kier alpha value is -2.98. The first-order chi connectivity index (χ1) is 18.1. The van der Waals surface area contributed by atoms with E-state index in [0.29, 0.717) is 37.3 Å². The zero-order valence-corrected chi connectivity index (χ0v) is 24.1. The van der Waals surface area contributed by atoms with Crippen molar-refractivity contribution < 1.29 is 23.9 Å².